The van der Waals surface area contributed by atoms with Crippen molar-refractivity contribution in [3.8, 4) is 0 Å². The van der Waals surface area contributed by atoms with Crippen molar-refractivity contribution in [2.45, 2.75) is 51.8 Å². The van der Waals surface area contributed by atoms with Gasteiger partial charge in [0.2, 0.25) is 0 Å². The van der Waals surface area contributed by atoms with E-state index in [0.717, 1.165) is 12.0 Å². The molecule has 2 aromatic rings. The third-order valence-electron chi connectivity index (χ3n) is 4.76. The number of unbranched alkanes of at least 4 members (excludes halogenated alkanes) is 1. The standard InChI is InChI=1S/C23H31NO3S/c1-5-6-7-18-8-12-20(13-9-18)22(17(2)3)24-23(25)21-14-10-19(11-15-21)16-28(4,26)27/h8-15,17,22H,5-7,16H2,1-4H3,(H,24,25)/t22-/m1/s1. The number of aryl methyl sites for hydroxylation is 1. The quantitative estimate of drug-likeness (QED) is 0.662. The van der Waals surface area contributed by atoms with E-state index in [1.807, 2.05) is 0 Å². The Morgan fingerprint density at radius 3 is 2.04 bits per heavy atom. The Morgan fingerprint density at radius 1 is 0.964 bits per heavy atom. The van der Waals surface area contributed by atoms with Gasteiger partial charge in [0.15, 0.2) is 9.84 Å². The maximum Gasteiger partial charge on any atom is 0.251 e. The summed E-state index contributed by atoms with van der Waals surface area (Å²) in [5.41, 5.74) is 3.63. The van der Waals surface area contributed by atoms with Crippen LogP contribution in [0, 0.1) is 5.92 Å². The molecule has 0 radical (unpaired) electrons. The van der Waals surface area contributed by atoms with Gasteiger partial charge in [-0.05, 0) is 47.6 Å². The summed E-state index contributed by atoms with van der Waals surface area (Å²) in [6, 6.07) is 15.2. The van der Waals surface area contributed by atoms with Gasteiger partial charge in [-0.25, -0.2) is 8.42 Å². The molecule has 1 amide bonds. The van der Waals surface area contributed by atoms with Crippen molar-refractivity contribution in [3.05, 3.63) is 70.8 Å². The van der Waals surface area contributed by atoms with E-state index in [-0.39, 0.29) is 23.6 Å². The first kappa shape index (κ1) is 22.2. The van der Waals surface area contributed by atoms with Crippen LogP contribution in [0.3, 0.4) is 0 Å². The molecule has 0 spiro atoms. The number of carbonyl (C=O) groups is 1. The van der Waals surface area contributed by atoms with Crippen LogP contribution in [0.25, 0.3) is 0 Å². The summed E-state index contributed by atoms with van der Waals surface area (Å²) >= 11 is 0. The molecule has 152 valence electrons. The van der Waals surface area contributed by atoms with Crippen molar-refractivity contribution in [3.63, 3.8) is 0 Å². The summed E-state index contributed by atoms with van der Waals surface area (Å²) in [5.74, 6) is 0.0723. The summed E-state index contributed by atoms with van der Waals surface area (Å²) < 4.78 is 22.8. The maximum atomic E-state index is 12.7. The molecule has 0 aliphatic rings. The predicted octanol–water partition coefficient (Wildman–Crippen LogP) is 4.70. The highest BCUT2D eigenvalue weighted by Crippen LogP contribution is 2.23. The second-order valence-corrected chi connectivity index (χ2v) is 9.95. The third-order valence-corrected chi connectivity index (χ3v) is 5.61. The van der Waals surface area contributed by atoms with Gasteiger partial charge in [-0.3, -0.25) is 4.79 Å². The highest BCUT2D eigenvalue weighted by atomic mass is 32.2. The lowest BCUT2D eigenvalue weighted by Gasteiger charge is -2.23. The molecule has 0 unspecified atom stereocenters. The van der Waals surface area contributed by atoms with Crippen LogP contribution in [0.1, 0.15) is 66.7 Å². The molecule has 5 heteroatoms. The van der Waals surface area contributed by atoms with Crippen molar-refractivity contribution in [2.24, 2.45) is 5.92 Å². The Kier molecular flexibility index (Phi) is 7.81. The molecule has 0 bridgehead atoms. The first-order valence-corrected chi connectivity index (χ1v) is 11.9. The molecule has 4 nitrogen and oxygen atoms in total. The van der Waals surface area contributed by atoms with E-state index in [1.54, 1.807) is 24.3 Å². The molecule has 0 saturated carbocycles. The first-order valence-electron chi connectivity index (χ1n) is 9.86. The molecular formula is C23H31NO3S. The van der Waals surface area contributed by atoms with Crippen molar-refractivity contribution < 1.29 is 13.2 Å². The molecule has 28 heavy (non-hydrogen) atoms. The van der Waals surface area contributed by atoms with E-state index in [9.17, 15) is 13.2 Å². The van der Waals surface area contributed by atoms with Gasteiger partial charge < -0.3 is 5.32 Å². The average Bonchev–Trinajstić information content (AvgIpc) is 2.64. The van der Waals surface area contributed by atoms with Gasteiger partial charge in [-0.15, -0.1) is 0 Å². The highest BCUT2D eigenvalue weighted by Gasteiger charge is 2.19. The van der Waals surface area contributed by atoms with Crippen molar-refractivity contribution >= 4 is 15.7 Å². The number of amides is 1. The van der Waals surface area contributed by atoms with Crippen LogP contribution < -0.4 is 5.32 Å². The van der Waals surface area contributed by atoms with Crippen LogP contribution in [0.2, 0.25) is 0 Å². The number of hydrogen-bond donors (Lipinski definition) is 1. The Bertz CT molecular complexity index is 869. The monoisotopic (exact) mass is 401 g/mol. The van der Waals surface area contributed by atoms with E-state index in [4.69, 9.17) is 0 Å². The Hall–Kier alpha value is -2.14. The molecule has 1 atom stereocenters. The summed E-state index contributed by atoms with van der Waals surface area (Å²) in [4.78, 5) is 12.7. The summed E-state index contributed by atoms with van der Waals surface area (Å²) in [7, 11) is -3.09. The fourth-order valence-corrected chi connectivity index (χ4v) is 3.99. The molecule has 0 fully saturated rings. The lowest BCUT2D eigenvalue weighted by molar-refractivity contribution is 0.0925. The van der Waals surface area contributed by atoms with Gasteiger partial charge in [0.05, 0.1) is 11.8 Å². The number of carbonyl (C=O) groups excluding carboxylic acids is 1. The fourth-order valence-electron chi connectivity index (χ4n) is 3.19. The normalized spacial score (nSPS) is 12.8. The maximum absolute atomic E-state index is 12.7. The zero-order chi connectivity index (χ0) is 20.7. The van der Waals surface area contributed by atoms with Gasteiger partial charge in [-0.2, -0.15) is 0 Å². The minimum absolute atomic E-state index is 0.0199. The zero-order valence-corrected chi connectivity index (χ0v) is 18.1. The molecule has 0 saturated heterocycles. The van der Waals surface area contributed by atoms with Crippen LogP contribution in [-0.4, -0.2) is 20.6 Å². The lowest BCUT2D eigenvalue weighted by atomic mass is 9.94. The summed E-state index contributed by atoms with van der Waals surface area (Å²) in [5, 5.41) is 3.12. The molecule has 0 aliphatic carbocycles. The fraction of sp³-hybridized carbons (Fsp3) is 0.435. The molecule has 0 heterocycles. The summed E-state index contributed by atoms with van der Waals surface area (Å²) in [6.07, 6.45) is 4.64. The number of sulfone groups is 1. The van der Waals surface area contributed by atoms with E-state index < -0.39 is 9.84 Å². The van der Waals surface area contributed by atoms with Gasteiger partial charge in [-0.1, -0.05) is 63.6 Å². The van der Waals surface area contributed by atoms with Crippen molar-refractivity contribution in [1.29, 1.82) is 0 Å². The molecular weight excluding hydrogens is 370 g/mol. The van der Waals surface area contributed by atoms with Crippen LogP contribution >= 0.6 is 0 Å². The number of nitrogens with one attached hydrogen (secondary N) is 1. The zero-order valence-electron chi connectivity index (χ0n) is 17.2. The number of benzene rings is 2. The summed E-state index contributed by atoms with van der Waals surface area (Å²) in [6.45, 7) is 6.36. The largest absolute Gasteiger partial charge is 0.345 e. The third kappa shape index (κ3) is 6.79. The van der Waals surface area contributed by atoms with Gasteiger partial charge in [0.25, 0.3) is 5.91 Å². The van der Waals surface area contributed by atoms with Gasteiger partial charge in [0, 0.05) is 11.8 Å². The van der Waals surface area contributed by atoms with Crippen molar-refractivity contribution in [1.82, 2.24) is 5.32 Å². The minimum Gasteiger partial charge on any atom is -0.345 e. The van der Waals surface area contributed by atoms with E-state index in [0.29, 0.717) is 11.1 Å². The Morgan fingerprint density at radius 2 is 1.54 bits per heavy atom. The molecule has 2 rings (SSSR count). The molecule has 0 aliphatic heterocycles. The predicted molar refractivity (Wildman–Crippen MR) is 115 cm³/mol. The number of rotatable bonds is 9. The van der Waals surface area contributed by atoms with E-state index >= 15 is 0 Å². The van der Waals surface area contributed by atoms with Gasteiger partial charge in [0.1, 0.15) is 0 Å². The average molecular weight is 402 g/mol. The smallest absolute Gasteiger partial charge is 0.251 e. The molecule has 2 aromatic carbocycles. The van der Waals surface area contributed by atoms with Crippen LogP contribution in [0.15, 0.2) is 48.5 Å². The van der Waals surface area contributed by atoms with Gasteiger partial charge >= 0.3 is 0 Å². The molecule has 1 N–H and O–H groups in total. The molecule has 0 aromatic heterocycles. The Balaban J connectivity index is 2.10. The minimum atomic E-state index is -3.09. The van der Waals surface area contributed by atoms with Crippen LogP contribution in [-0.2, 0) is 22.0 Å². The topological polar surface area (TPSA) is 63.2 Å². The highest BCUT2D eigenvalue weighted by molar-refractivity contribution is 7.89. The Labute approximate surface area is 169 Å². The van der Waals surface area contributed by atoms with E-state index in [2.05, 4.69) is 50.4 Å². The first-order chi connectivity index (χ1) is 13.2. The number of hydrogen-bond acceptors (Lipinski definition) is 3. The van der Waals surface area contributed by atoms with E-state index in [1.165, 1.54) is 24.7 Å². The second kappa shape index (κ2) is 9.87. The van der Waals surface area contributed by atoms with Crippen molar-refractivity contribution in [2.75, 3.05) is 6.26 Å². The van der Waals surface area contributed by atoms with Crippen LogP contribution in [0.4, 0.5) is 0 Å². The lowest BCUT2D eigenvalue weighted by Crippen LogP contribution is -2.31. The SMILES string of the molecule is CCCCc1ccc([C@H](NC(=O)c2ccc(CS(C)(=O)=O)cc2)C(C)C)cc1. The second-order valence-electron chi connectivity index (χ2n) is 7.81. The van der Waals surface area contributed by atoms with Crippen LogP contribution in [0.5, 0.6) is 0 Å².